The van der Waals surface area contributed by atoms with Gasteiger partial charge in [-0.3, -0.25) is 9.78 Å². The molecule has 1 aliphatic heterocycles. The van der Waals surface area contributed by atoms with E-state index in [2.05, 4.69) is 29.9 Å². The molecule has 0 radical (unpaired) electrons. The number of aryl methyl sites for hydroxylation is 2. The Morgan fingerprint density at radius 1 is 1.25 bits per heavy atom. The monoisotopic (exact) mass is 401 g/mol. The van der Waals surface area contributed by atoms with Gasteiger partial charge < -0.3 is 4.90 Å². The summed E-state index contributed by atoms with van der Waals surface area (Å²) in [5.41, 5.74) is 4.26. The molecule has 1 aromatic carbocycles. The van der Waals surface area contributed by atoms with Crippen molar-refractivity contribution in [1.82, 2.24) is 14.9 Å². The van der Waals surface area contributed by atoms with Crippen molar-refractivity contribution in [2.45, 2.75) is 39.0 Å². The average molecular weight is 401 g/mol. The van der Waals surface area contributed by atoms with Crippen molar-refractivity contribution in [3.8, 4) is 11.3 Å². The molecule has 0 aliphatic carbocycles. The number of thiazole rings is 1. The molecule has 0 N–H and O–H groups in total. The summed E-state index contributed by atoms with van der Waals surface area (Å²) in [4.78, 5) is 23.1. The molecule has 1 aliphatic rings. The van der Waals surface area contributed by atoms with Crippen LogP contribution in [0.15, 0.2) is 30.5 Å². The first kappa shape index (κ1) is 18.9. The van der Waals surface area contributed by atoms with E-state index in [1.54, 1.807) is 23.5 Å². The van der Waals surface area contributed by atoms with E-state index in [1.807, 2.05) is 6.07 Å². The lowest BCUT2D eigenvalue weighted by molar-refractivity contribution is -0.0494. The van der Waals surface area contributed by atoms with E-state index in [4.69, 9.17) is 0 Å². The van der Waals surface area contributed by atoms with Crippen molar-refractivity contribution in [1.29, 1.82) is 0 Å². The summed E-state index contributed by atoms with van der Waals surface area (Å²) in [5.74, 6) is -2.91. The number of alkyl halides is 2. The Balaban J connectivity index is 1.56. The highest BCUT2D eigenvalue weighted by atomic mass is 32.1. The van der Waals surface area contributed by atoms with Crippen molar-refractivity contribution in [3.05, 3.63) is 46.6 Å². The zero-order valence-electron chi connectivity index (χ0n) is 15.8. The summed E-state index contributed by atoms with van der Waals surface area (Å²) < 4.78 is 27.8. The molecule has 1 saturated heterocycles. The third-order valence-electron chi connectivity index (χ3n) is 5.11. The van der Waals surface area contributed by atoms with E-state index < -0.39 is 5.92 Å². The van der Waals surface area contributed by atoms with Gasteiger partial charge in [0, 0.05) is 37.7 Å². The highest BCUT2D eigenvalue weighted by Crippen LogP contribution is 2.31. The molecule has 4 rings (SSSR count). The van der Waals surface area contributed by atoms with Gasteiger partial charge in [0.15, 0.2) is 0 Å². The first-order valence-corrected chi connectivity index (χ1v) is 10.2. The molecule has 0 atom stereocenters. The Labute approximate surface area is 166 Å². The molecule has 0 saturated carbocycles. The number of carbonyl (C=O) groups excluding carboxylic acids is 1. The molecule has 0 bridgehead atoms. The predicted octanol–water partition coefficient (Wildman–Crippen LogP) is 5.10. The highest BCUT2D eigenvalue weighted by Gasteiger charge is 2.35. The predicted molar refractivity (Wildman–Crippen MR) is 107 cm³/mol. The van der Waals surface area contributed by atoms with Crippen LogP contribution in [0.5, 0.6) is 0 Å². The second-order valence-electron chi connectivity index (χ2n) is 7.18. The largest absolute Gasteiger partial charge is 0.338 e. The van der Waals surface area contributed by atoms with Gasteiger partial charge in [0.1, 0.15) is 0 Å². The van der Waals surface area contributed by atoms with Crippen LogP contribution in [0.1, 0.15) is 40.7 Å². The van der Waals surface area contributed by atoms with Crippen LogP contribution in [0.25, 0.3) is 21.5 Å². The summed E-state index contributed by atoms with van der Waals surface area (Å²) in [6.07, 6.45) is 1.88. The number of amides is 1. The number of rotatable bonds is 3. The molecule has 2 aromatic heterocycles. The molecule has 0 unspecified atom stereocenters. The minimum absolute atomic E-state index is 0.0764. The maximum atomic E-state index is 13.3. The average Bonchev–Trinajstić information content (AvgIpc) is 3.11. The molecule has 146 valence electrons. The van der Waals surface area contributed by atoms with E-state index in [0.717, 1.165) is 33.8 Å². The van der Waals surface area contributed by atoms with Gasteiger partial charge in [0.05, 0.1) is 26.5 Å². The molecule has 7 heteroatoms. The zero-order valence-corrected chi connectivity index (χ0v) is 16.7. The SMILES string of the molecule is CCc1nc2cc(-c3ccc(C(=O)N4CCC(F)(F)CC4)cn3)cc(C)c2s1. The normalized spacial score (nSPS) is 16.5. The number of piperidine rings is 1. The quantitative estimate of drug-likeness (QED) is 0.613. The van der Waals surface area contributed by atoms with Crippen molar-refractivity contribution in [2.24, 2.45) is 0 Å². The lowest BCUT2D eigenvalue weighted by Crippen LogP contribution is -2.42. The van der Waals surface area contributed by atoms with Gasteiger partial charge in [-0.1, -0.05) is 6.92 Å². The van der Waals surface area contributed by atoms with Gasteiger partial charge in [0.25, 0.3) is 11.8 Å². The van der Waals surface area contributed by atoms with Gasteiger partial charge >= 0.3 is 0 Å². The minimum atomic E-state index is -2.66. The number of fused-ring (bicyclic) bond motifs is 1. The van der Waals surface area contributed by atoms with Crippen LogP contribution < -0.4 is 0 Å². The smallest absolute Gasteiger partial charge is 0.255 e. The van der Waals surface area contributed by atoms with Gasteiger partial charge in [-0.15, -0.1) is 11.3 Å². The number of hydrogen-bond acceptors (Lipinski definition) is 4. The Morgan fingerprint density at radius 2 is 2.00 bits per heavy atom. The molecule has 3 heterocycles. The molecule has 0 spiro atoms. The number of halogens is 2. The molecule has 3 aromatic rings. The fourth-order valence-corrected chi connectivity index (χ4v) is 4.41. The van der Waals surface area contributed by atoms with Gasteiger partial charge in [0.2, 0.25) is 0 Å². The van der Waals surface area contributed by atoms with E-state index in [-0.39, 0.29) is 31.8 Å². The van der Waals surface area contributed by atoms with Crippen LogP contribution in [0.4, 0.5) is 8.78 Å². The number of pyridine rings is 1. The van der Waals surface area contributed by atoms with Crippen LogP contribution in [0.3, 0.4) is 0 Å². The molecule has 28 heavy (non-hydrogen) atoms. The van der Waals surface area contributed by atoms with Gasteiger partial charge in [-0.2, -0.15) is 0 Å². The third kappa shape index (κ3) is 3.63. The van der Waals surface area contributed by atoms with Gasteiger partial charge in [-0.05, 0) is 43.2 Å². The topological polar surface area (TPSA) is 46.1 Å². The lowest BCUT2D eigenvalue weighted by Gasteiger charge is -2.31. The molecular formula is C21H21F2N3OS. The first-order valence-electron chi connectivity index (χ1n) is 9.40. The highest BCUT2D eigenvalue weighted by molar-refractivity contribution is 7.18. The minimum Gasteiger partial charge on any atom is -0.338 e. The number of hydrogen-bond donors (Lipinski definition) is 0. The van der Waals surface area contributed by atoms with Crippen LogP contribution in [-0.4, -0.2) is 39.8 Å². The Hall–Kier alpha value is -2.41. The first-order chi connectivity index (χ1) is 13.4. The van der Waals surface area contributed by atoms with E-state index in [9.17, 15) is 13.6 Å². The third-order valence-corrected chi connectivity index (χ3v) is 6.46. The molecular weight excluding hydrogens is 380 g/mol. The number of carbonyl (C=O) groups is 1. The maximum Gasteiger partial charge on any atom is 0.255 e. The summed E-state index contributed by atoms with van der Waals surface area (Å²) in [6.45, 7) is 4.31. The second-order valence-corrected chi connectivity index (χ2v) is 8.27. The molecule has 1 fully saturated rings. The number of likely N-dealkylation sites (tertiary alicyclic amines) is 1. The van der Waals surface area contributed by atoms with Crippen molar-refractivity contribution >= 4 is 27.5 Å². The van der Waals surface area contributed by atoms with E-state index >= 15 is 0 Å². The summed E-state index contributed by atoms with van der Waals surface area (Å²) in [7, 11) is 0. The van der Waals surface area contributed by atoms with Crippen LogP contribution in [0, 0.1) is 6.92 Å². The van der Waals surface area contributed by atoms with Crippen LogP contribution in [-0.2, 0) is 6.42 Å². The summed E-state index contributed by atoms with van der Waals surface area (Å²) in [6, 6.07) is 7.62. The number of benzene rings is 1. The van der Waals surface area contributed by atoms with Crippen molar-refractivity contribution in [2.75, 3.05) is 13.1 Å². The summed E-state index contributed by atoms with van der Waals surface area (Å²) >= 11 is 1.71. The van der Waals surface area contributed by atoms with Crippen LogP contribution >= 0.6 is 11.3 Å². The Kier molecular flexibility index (Phi) is 4.87. The van der Waals surface area contributed by atoms with Gasteiger partial charge in [-0.25, -0.2) is 13.8 Å². The van der Waals surface area contributed by atoms with Crippen molar-refractivity contribution < 1.29 is 13.6 Å². The Morgan fingerprint density at radius 3 is 2.64 bits per heavy atom. The van der Waals surface area contributed by atoms with E-state index in [1.165, 1.54) is 15.8 Å². The van der Waals surface area contributed by atoms with Crippen molar-refractivity contribution in [3.63, 3.8) is 0 Å². The zero-order chi connectivity index (χ0) is 19.9. The lowest BCUT2D eigenvalue weighted by atomic mass is 10.0. The van der Waals surface area contributed by atoms with Crippen LogP contribution in [0.2, 0.25) is 0 Å². The molecule has 4 nitrogen and oxygen atoms in total. The van der Waals surface area contributed by atoms with E-state index in [0.29, 0.717) is 5.56 Å². The standard InChI is InChI=1S/C21H21F2N3OS/c1-3-18-25-17-11-15(10-13(2)19(17)28-18)16-5-4-14(12-24-16)20(27)26-8-6-21(22,23)7-9-26/h4-5,10-12H,3,6-9H2,1-2H3. The fourth-order valence-electron chi connectivity index (χ4n) is 3.46. The number of nitrogens with zero attached hydrogens (tertiary/aromatic N) is 3. The second kappa shape index (κ2) is 7.20. The fraction of sp³-hybridized carbons (Fsp3) is 0.381. The summed E-state index contributed by atoms with van der Waals surface area (Å²) in [5, 5.41) is 1.11. The maximum absolute atomic E-state index is 13.3. The molecule has 1 amide bonds. The Bertz CT molecular complexity index is 1020. The number of aromatic nitrogens is 2.